The third kappa shape index (κ3) is 2.97. The van der Waals surface area contributed by atoms with Gasteiger partial charge in [-0.2, -0.15) is 9.57 Å². The Kier molecular flexibility index (Phi) is 4.38. The third-order valence-electron chi connectivity index (χ3n) is 4.40. The zero-order valence-electron chi connectivity index (χ0n) is 12.8. The number of nitriles is 1. The van der Waals surface area contributed by atoms with Crippen molar-refractivity contribution < 1.29 is 17.5 Å². The lowest BCUT2D eigenvalue weighted by Crippen LogP contribution is -2.60. The number of likely N-dealkylation sites (tertiary alicyclic amines) is 1. The largest absolute Gasteiger partial charge is 0.375 e. The van der Waals surface area contributed by atoms with E-state index in [2.05, 4.69) is 4.90 Å². The average molecular weight is 339 g/mol. The molecule has 2 atom stereocenters. The summed E-state index contributed by atoms with van der Waals surface area (Å²) in [6.07, 6.45) is 0.658. The number of piperidine rings is 1. The van der Waals surface area contributed by atoms with E-state index in [1.807, 2.05) is 7.05 Å². The first-order valence-corrected chi connectivity index (χ1v) is 8.89. The topological polar surface area (TPSA) is 73.6 Å². The number of nitrogens with zero attached hydrogens (tertiary/aromatic N) is 3. The van der Waals surface area contributed by atoms with Crippen LogP contribution in [0.25, 0.3) is 0 Å². The molecule has 2 fully saturated rings. The summed E-state index contributed by atoms with van der Waals surface area (Å²) in [6, 6.07) is 4.76. The molecule has 2 heterocycles. The number of halogens is 1. The fourth-order valence-corrected chi connectivity index (χ4v) is 4.83. The molecule has 2 aliphatic heterocycles. The van der Waals surface area contributed by atoms with Gasteiger partial charge in [-0.25, -0.2) is 12.8 Å². The van der Waals surface area contributed by atoms with E-state index < -0.39 is 15.8 Å². The van der Waals surface area contributed by atoms with Crippen LogP contribution in [0.15, 0.2) is 23.1 Å². The van der Waals surface area contributed by atoms with E-state index in [0.717, 1.165) is 25.1 Å². The van der Waals surface area contributed by atoms with Gasteiger partial charge >= 0.3 is 0 Å². The molecule has 23 heavy (non-hydrogen) atoms. The highest BCUT2D eigenvalue weighted by Gasteiger charge is 2.42. The summed E-state index contributed by atoms with van der Waals surface area (Å²) in [5.41, 5.74) is -0.267. The van der Waals surface area contributed by atoms with E-state index in [-0.39, 0.29) is 29.1 Å². The highest BCUT2D eigenvalue weighted by Crippen LogP contribution is 2.28. The molecule has 0 unspecified atom stereocenters. The molecular formula is C15H18FN3O3S. The van der Waals surface area contributed by atoms with E-state index in [0.29, 0.717) is 13.2 Å². The van der Waals surface area contributed by atoms with E-state index in [9.17, 15) is 12.8 Å². The molecule has 0 saturated carbocycles. The van der Waals surface area contributed by atoms with Crippen molar-refractivity contribution >= 4 is 10.0 Å². The molecule has 0 aliphatic carbocycles. The normalized spacial score (nSPS) is 26.5. The van der Waals surface area contributed by atoms with Crippen LogP contribution in [0.4, 0.5) is 4.39 Å². The predicted octanol–water partition coefficient (Wildman–Crippen LogP) is 0.791. The van der Waals surface area contributed by atoms with Gasteiger partial charge in [-0.05, 0) is 31.7 Å². The minimum absolute atomic E-state index is 0.0515. The van der Waals surface area contributed by atoms with Gasteiger partial charge in [0.25, 0.3) is 0 Å². The maximum atomic E-state index is 13.5. The second kappa shape index (κ2) is 6.17. The lowest BCUT2D eigenvalue weighted by molar-refractivity contribution is -0.0719. The van der Waals surface area contributed by atoms with Crippen LogP contribution in [0.3, 0.4) is 0 Å². The summed E-state index contributed by atoms with van der Waals surface area (Å²) in [5, 5.41) is 8.92. The summed E-state index contributed by atoms with van der Waals surface area (Å²) in [6.45, 7) is 2.06. The minimum Gasteiger partial charge on any atom is -0.375 e. The van der Waals surface area contributed by atoms with Crippen molar-refractivity contribution in [1.82, 2.24) is 9.21 Å². The van der Waals surface area contributed by atoms with Crippen LogP contribution in [0, 0.1) is 17.1 Å². The van der Waals surface area contributed by atoms with Crippen LogP contribution >= 0.6 is 0 Å². The number of rotatable bonds is 2. The van der Waals surface area contributed by atoms with Crippen molar-refractivity contribution in [3.05, 3.63) is 29.6 Å². The molecule has 6 nitrogen and oxygen atoms in total. The maximum Gasteiger partial charge on any atom is 0.243 e. The molecule has 3 rings (SSSR count). The van der Waals surface area contributed by atoms with Crippen LogP contribution in [-0.4, -0.2) is 63.1 Å². The molecule has 8 heteroatoms. The lowest BCUT2D eigenvalue weighted by Gasteiger charge is -2.45. The summed E-state index contributed by atoms with van der Waals surface area (Å²) >= 11 is 0. The first-order chi connectivity index (χ1) is 10.9. The van der Waals surface area contributed by atoms with Crippen LogP contribution in [0.5, 0.6) is 0 Å². The number of benzene rings is 1. The van der Waals surface area contributed by atoms with Gasteiger partial charge in [0.15, 0.2) is 0 Å². The highest BCUT2D eigenvalue weighted by atomic mass is 32.2. The number of hydrogen-bond donors (Lipinski definition) is 0. The number of likely N-dealkylation sites (N-methyl/N-ethyl adjacent to an activating group) is 1. The molecular weight excluding hydrogens is 321 g/mol. The number of fused-ring (bicyclic) bond motifs is 1. The summed E-state index contributed by atoms with van der Waals surface area (Å²) in [7, 11) is -1.85. The fourth-order valence-electron chi connectivity index (χ4n) is 3.18. The minimum atomic E-state index is -3.80. The second-order valence-corrected chi connectivity index (χ2v) is 7.79. The van der Waals surface area contributed by atoms with Crippen molar-refractivity contribution in [2.75, 3.05) is 33.3 Å². The molecule has 124 valence electrons. The van der Waals surface area contributed by atoms with Crippen molar-refractivity contribution in [2.24, 2.45) is 0 Å². The average Bonchev–Trinajstić information content (AvgIpc) is 2.54. The Balaban J connectivity index is 1.96. The first kappa shape index (κ1) is 16.3. The van der Waals surface area contributed by atoms with Gasteiger partial charge in [0.1, 0.15) is 11.9 Å². The second-order valence-electron chi connectivity index (χ2n) is 5.90. The summed E-state index contributed by atoms with van der Waals surface area (Å²) < 4.78 is 46.5. The standard InChI is InChI=1S/C15H18FN3O3S/c1-18-5-4-15-14(10-18)19(6-7-22-15)23(20,21)12-2-3-13(16)11(8-12)9-17/h2-3,8,14-15H,4-7,10H2,1H3/t14-,15-/m1/s1. The van der Waals surface area contributed by atoms with Gasteiger partial charge in [0.2, 0.25) is 10.0 Å². The first-order valence-electron chi connectivity index (χ1n) is 7.45. The Bertz CT molecular complexity index is 747. The van der Waals surface area contributed by atoms with Crippen molar-refractivity contribution in [2.45, 2.75) is 23.5 Å². The Morgan fingerprint density at radius 3 is 2.91 bits per heavy atom. The molecule has 0 radical (unpaired) electrons. The smallest absolute Gasteiger partial charge is 0.243 e. The molecule has 2 aliphatic rings. The molecule has 0 spiro atoms. The van der Waals surface area contributed by atoms with E-state index in [1.54, 1.807) is 6.07 Å². The Hall–Kier alpha value is -1.53. The van der Waals surface area contributed by atoms with Crippen molar-refractivity contribution in [3.63, 3.8) is 0 Å². The number of ether oxygens (including phenoxy) is 1. The van der Waals surface area contributed by atoms with Gasteiger partial charge in [-0.15, -0.1) is 0 Å². The number of sulfonamides is 1. The molecule has 1 aromatic rings. The monoisotopic (exact) mass is 339 g/mol. The molecule has 0 N–H and O–H groups in total. The van der Waals surface area contributed by atoms with E-state index >= 15 is 0 Å². The highest BCUT2D eigenvalue weighted by molar-refractivity contribution is 7.89. The zero-order valence-corrected chi connectivity index (χ0v) is 13.6. The van der Waals surface area contributed by atoms with Gasteiger partial charge in [0, 0.05) is 19.6 Å². The molecule has 1 aromatic carbocycles. The van der Waals surface area contributed by atoms with E-state index in [1.165, 1.54) is 10.4 Å². The van der Waals surface area contributed by atoms with Crippen LogP contribution in [0.2, 0.25) is 0 Å². The fraction of sp³-hybridized carbons (Fsp3) is 0.533. The van der Waals surface area contributed by atoms with Crippen molar-refractivity contribution in [3.8, 4) is 6.07 Å². The van der Waals surface area contributed by atoms with Crippen LogP contribution in [0.1, 0.15) is 12.0 Å². The Labute approximate surface area is 135 Å². The molecule has 0 bridgehead atoms. The summed E-state index contributed by atoms with van der Waals surface area (Å²) in [5.74, 6) is -0.719. The molecule has 2 saturated heterocycles. The molecule has 0 amide bonds. The number of hydrogen-bond acceptors (Lipinski definition) is 5. The van der Waals surface area contributed by atoms with Crippen LogP contribution < -0.4 is 0 Å². The summed E-state index contributed by atoms with van der Waals surface area (Å²) in [4.78, 5) is 2.02. The zero-order chi connectivity index (χ0) is 16.6. The Morgan fingerprint density at radius 2 is 2.17 bits per heavy atom. The van der Waals surface area contributed by atoms with Gasteiger partial charge in [-0.1, -0.05) is 0 Å². The van der Waals surface area contributed by atoms with Gasteiger partial charge in [-0.3, -0.25) is 0 Å². The Morgan fingerprint density at radius 1 is 1.39 bits per heavy atom. The maximum absolute atomic E-state index is 13.5. The SMILES string of the molecule is CN1CC[C@H]2OCCN(S(=O)(=O)c3ccc(F)c(C#N)c3)[C@@H]2C1. The van der Waals surface area contributed by atoms with Crippen molar-refractivity contribution in [1.29, 1.82) is 5.26 Å². The van der Waals surface area contributed by atoms with E-state index in [4.69, 9.17) is 10.00 Å². The third-order valence-corrected chi connectivity index (χ3v) is 6.32. The predicted molar refractivity (Wildman–Crippen MR) is 80.6 cm³/mol. The molecule has 0 aromatic heterocycles. The lowest BCUT2D eigenvalue weighted by atomic mass is 10.0. The number of morpholine rings is 1. The quantitative estimate of drug-likeness (QED) is 0.796. The van der Waals surface area contributed by atoms with Crippen LogP contribution in [-0.2, 0) is 14.8 Å². The van der Waals surface area contributed by atoms with Gasteiger partial charge in [0.05, 0.1) is 29.2 Å². The van der Waals surface area contributed by atoms with Gasteiger partial charge < -0.3 is 9.64 Å².